The van der Waals surface area contributed by atoms with Crippen molar-refractivity contribution in [1.29, 1.82) is 0 Å². The fourth-order valence-electron chi connectivity index (χ4n) is 0.658. The minimum Gasteiger partial charge on any atom is -0.486 e. The molecule has 0 saturated carbocycles. The molecule has 1 heterocycles. The van der Waals surface area contributed by atoms with E-state index in [2.05, 4.69) is 4.98 Å². The SMILES string of the molecule is O=[C-]c1cccnc1C(=O)O.[Cm]. The monoisotopic (exact) mass is 393 g/mol. The molecule has 0 aliphatic rings. The number of rotatable bonds is 2. The third-order valence-electron chi connectivity index (χ3n) is 1.12. The summed E-state index contributed by atoms with van der Waals surface area (Å²) >= 11 is 0. The molecular formula is C7H4CmNO3-. The van der Waals surface area contributed by atoms with Gasteiger partial charge in [0.2, 0.25) is 0 Å². The Morgan fingerprint density at radius 3 is 2.67 bits per heavy atom. The molecule has 4 nitrogen and oxygen atoms in total. The van der Waals surface area contributed by atoms with E-state index in [1.807, 2.05) is 0 Å². The van der Waals surface area contributed by atoms with Gasteiger partial charge in [-0.25, -0.2) is 0 Å². The van der Waals surface area contributed by atoms with Crippen LogP contribution in [0.5, 0.6) is 0 Å². The Bertz CT molecular complexity index is 300. The van der Waals surface area contributed by atoms with Gasteiger partial charge in [0.25, 0.3) is 5.97 Å². The summed E-state index contributed by atoms with van der Waals surface area (Å²) < 4.78 is 0. The number of carboxylic acids is 1. The van der Waals surface area contributed by atoms with Crippen LogP contribution in [0.3, 0.4) is 0 Å². The maximum atomic E-state index is 10.3. The molecule has 0 saturated heterocycles. The van der Waals surface area contributed by atoms with Crippen molar-refractivity contribution in [1.82, 2.24) is 4.98 Å². The number of hydrogen-bond donors (Lipinski definition) is 1. The number of nitrogens with zero attached hydrogens (tertiary/aromatic N) is 1. The molecule has 1 aromatic rings. The van der Waals surface area contributed by atoms with E-state index in [1.54, 1.807) is 0 Å². The van der Waals surface area contributed by atoms with Crippen LogP contribution in [0, 0.1) is 0 Å². The van der Waals surface area contributed by atoms with Gasteiger partial charge in [-0.15, -0.1) is 11.6 Å². The molecule has 0 spiro atoms. The van der Waals surface area contributed by atoms with Gasteiger partial charge in [-0.05, 0) is 0 Å². The number of carbonyl (C=O) groups is 1. The first-order chi connectivity index (χ1) is 5.25. The Kier molecular flexibility index (Phi) is 2.68. The standard InChI is InChI=1S/C7H4NO3.Cm/c9-4-5-2-1-3-8-6(5)7(10)11;/h1-3H,(H,10,11);/q-1;. The smallest absolute Gasteiger partial charge is 0.297 e. The molecule has 0 aromatic carbocycles. The Balaban J connectivity index is 0.00000121. The number of hydrogen-bond acceptors (Lipinski definition) is 3. The molecule has 0 radical (unpaired) electrons. The van der Waals surface area contributed by atoms with Gasteiger partial charge >= 0.3 is 0 Å². The first kappa shape index (κ1) is 9.29. The fourth-order valence-corrected chi connectivity index (χ4v) is 0.658. The molecule has 0 aliphatic carbocycles. The van der Waals surface area contributed by atoms with Crippen molar-refractivity contribution in [3.8, 4) is 0 Å². The summed E-state index contributed by atoms with van der Waals surface area (Å²) in [5.41, 5.74) is -0.289. The van der Waals surface area contributed by atoms with Gasteiger partial charge in [0.15, 0.2) is 0 Å². The van der Waals surface area contributed by atoms with Gasteiger partial charge in [0.05, 0.1) is 6.29 Å². The summed E-state index contributed by atoms with van der Waals surface area (Å²) in [4.78, 5) is 23.9. The minimum absolute atomic E-state index is 0. The van der Waals surface area contributed by atoms with Crippen LogP contribution in [0.2, 0.25) is 0 Å². The zero-order valence-corrected chi connectivity index (χ0v) is 8.74. The molecule has 64 valence electrons. The molecule has 12 heavy (non-hydrogen) atoms. The second-order valence-corrected chi connectivity index (χ2v) is 1.81. The zero-order chi connectivity index (χ0) is 8.27. The van der Waals surface area contributed by atoms with Crippen LogP contribution in [0.15, 0.2) is 18.3 Å². The van der Waals surface area contributed by atoms with Gasteiger partial charge in [0.1, 0.15) is 0 Å². The average Bonchev–Trinajstić information content (AvgIpc) is 2.04. The molecule has 0 aliphatic heterocycles. The first-order valence-electron chi connectivity index (χ1n) is 2.82. The summed E-state index contributed by atoms with van der Waals surface area (Å²) in [5.74, 6) is -1.22. The summed E-state index contributed by atoms with van der Waals surface area (Å²) in [6, 6.07) is 2.83. The summed E-state index contributed by atoms with van der Waals surface area (Å²) in [6.07, 6.45) is 2.79. The normalized spacial score (nSPS) is 8.33. The van der Waals surface area contributed by atoms with Crippen molar-refractivity contribution < 1.29 is 14.7 Å². The predicted octanol–water partition coefficient (Wildman–Crippen LogP) is 0.238. The van der Waals surface area contributed by atoms with Crippen molar-refractivity contribution in [2.24, 2.45) is 0 Å². The third-order valence-corrected chi connectivity index (χ3v) is 1.12. The molecule has 5 heteroatoms. The van der Waals surface area contributed by atoms with Crippen LogP contribution in [0.4, 0.5) is 0 Å². The van der Waals surface area contributed by atoms with E-state index in [0.29, 0.717) is 0 Å². The quantitative estimate of drug-likeness (QED) is 0.727. The van der Waals surface area contributed by atoms with E-state index in [1.165, 1.54) is 24.6 Å². The molecule has 0 amide bonds. The van der Waals surface area contributed by atoms with Crippen LogP contribution in [-0.2, 0) is 4.79 Å². The number of carboxylic acid groups (broad SMARTS) is 1. The van der Waals surface area contributed by atoms with Crippen LogP contribution < -0.4 is 0 Å². The number of aromatic nitrogens is 1. The van der Waals surface area contributed by atoms with Gasteiger partial charge in [-0.2, -0.15) is 6.07 Å². The van der Waals surface area contributed by atoms with Gasteiger partial charge < -0.3 is 14.9 Å². The fraction of sp³-hybridized carbons (Fsp3) is 0. The van der Waals surface area contributed by atoms with E-state index >= 15 is 0 Å². The molecule has 0 unspecified atom stereocenters. The molecule has 0 fully saturated rings. The van der Waals surface area contributed by atoms with E-state index in [0.717, 1.165) is 0 Å². The van der Waals surface area contributed by atoms with Crippen LogP contribution >= 0.6 is 0 Å². The Hall–Kier alpha value is -2.71. The van der Waals surface area contributed by atoms with Crippen molar-refractivity contribution in [2.75, 3.05) is 0 Å². The Morgan fingerprint density at radius 2 is 2.25 bits per heavy atom. The van der Waals surface area contributed by atoms with Gasteiger partial charge in [-0.3, -0.25) is 4.79 Å². The van der Waals surface area contributed by atoms with Crippen molar-refractivity contribution in [3.05, 3.63) is 29.6 Å². The number of aromatic carboxylic acids is 1. The van der Waals surface area contributed by atoms with E-state index < -0.39 is 5.97 Å². The summed E-state index contributed by atoms with van der Waals surface area (Å²) in [7, 11) is 0. The summed E-state index contributed by atoms with van der Waals surface area (Å²) in [6.45, 7) is 0. The summed E-state index contributed by atoms with van der Waals surface area (Å²) in [5, 5.41) is 8.46. The third kappa shape index (κ3) is 1.41. The maximum Gasteiger partial charge on any atom is 0.297 e. The first-order valence-corrected chi connectivity index (χ1v) is 2.82. The molecule has 0 atom stereocenters. The Labute approximate surface area is 62.5 Å². The van der Waals surface area contributed by atoms with E-state index in [4.69, 9.17) is 5.11 Å². The van der Waals surface area contributed by atoms with Crippen LogP contribution in [0.1, 0.15) is 16.1 Å². The predicted molar refractivity (Wildman–Crippen MR) is 36.0 cm³/mol. The van der Waals surface area contributed by atoms with Gasteiger partial charge in [0, 0.05) is 11.9 Å². The molecule has 1 aromatic heterocycles. The second kappa shape index (κ2) is 3.46. The van der Waals surface area contributed by atoms with Crippen LogP contribution in [-0.4, -0.2) is 22.3 Å². The molecular weight excluding hydrogens is 393 g/mol. The molecule has 1 rings (SSSR count). The zero-order valence-electron chi connectivity index (χ0n) is 5.80. The Morgan fingerprint density at radius 1 is 1.58 bits per heavy atom. The molecule has 1 N–H and O–H groups in total. The van der Waals surface area contributed by atoms with Gasteiger partial charge in [-0.1, -0.05) is 0 Å². The van der Waals surface area contributed by atoms with Crippen molar-refractivity contribution in [3.63, 3.8) is 0 Å². The number of pyridine rings is 1. The minimum atomic E-state index is -1.22. The second-order valence-electron chi connectivity index (χ2n) is 1.81. The molecule has 0 bridgehead atoms. The average molecular weight is 397 g/mol. The van der Waals surface area contributed by atoms with Crippen molar-refractivity contribution >= 4 is 12.3 Å². The number of carbonyl (C=O) groups excluding carboxylic acids is 1. The largest absolute Gasteiger partial charge is 0.486 e. The topological polar surface area (TPSA) is 67.3 Å². The van der Waals surface area contributed by atoms with Crippen LogP contribution in [0.25, 0.3) is 0 Å². The van der Waals surface area contributed by atoms with E-state index in [-0.39, 0.29) is 11.3 Å². The van der Waals surface area contributed by atoms with E-state index in [9.17, 15) is 9.59 Å². The van der Waals surface area contributed by atoms with Crippen molar-refractivity contribution in [2.45, 2.75) is 0 Å². The maximum absolute atomic E-state index is 10.3.